The predicted octanol–water partition coefficient (Wildman–Crippen LogP) is 4.07. The number of rotatable bonds is 7. The second-order valence-corrected chi connectivity index (χ2v) is 9.35. The lowest BCUT2D eigenvalue weighted by Gasteiger charge is -2.19. The lowest BCUT2D eigenvalue weighted by atomic mass is 10.1. The van der Waals surface area contributed by atoms with E-state index in [1.54, 1.807) is 48.5 Å². The van der Waals surface area contributed by atoms with Crippen molar-refractivity contribution in [2.75, 3.05) is 12.3 Å². The van der Waals surface area contributed by atoms with Gasteiger partial charge in [0.05, 0.1) is 23.0 Å². The van der Waals surface area contributed by atoms with Crippen LogP contribution in [0.15, 0.2) is 82.3 Å². The van der Waals surface area contributed by atoms with Crippen LogP contribution in [0, 0.1) is 13.8 Å². The van der Waals surface area contributed by atoms with Gasteiger partial charge in [0.15, 0.2) is 0 Å². The van der Waals surface area contributed by atoms with Gasteiger partial charge in [-0.1, -0.05) is 35.4 Å². The Labute approximate surface area is 223 Å². The summed E-state index contributed by atoms with van der Waals surface area (Å²) in [5.74, 6) is -0.664. The molecule has 1 saturated heterocycles. The average Bonchev–Trinajstić information content (AvgIpc) is 3.59. The van der Waals surface area contributed by atoms with E-state index in [1.807, 2.05) is 26.0 Å². The number of esters is 2. The molecule has 0 spiro atoms. The van der Waals surface area contributed by atoms with E-state index in [2.05, 4.69) is 4.98 Å². The van der Waals surface area contributed by atoms with Crippen molar-refractivity contribution >= 4 is 17.8 Å². The maximum Gasteiger partial charge on any atom is 0.351 e. The molecule has 0 saturated carbocycles. The van der Waals surface area contributed by atoms with Gasteiger partial charge >= 0.3 is 17.6 Å². The minimum atomic E-state index is -0.863. The van der Waals surface area contributed by atoms with E-state index in [0.717, 1.165) is 11.1 Å². The zero-order valence-corrected chi connectivity index (χ0v) is 21.4. The van der Waals surface area contributed by atoms with E-state index in [9.17, 15) is 14.4 Å². The molecule has 200 valence electrons. The fourth-order valence-corrected chi connectivity index (χ4v) is 4.28. The van der Waals surface area contributed by atoms with E-state index >= 15 is 0 Å². The van der Waals surface area contributed by atoms with Crippen LogP contribution in [0.3, 0.4) is 0 Å². The first-order valence-corrected chi connectivity index (χ1v) is 12.4. The lowest BCUT2D eigenvalue weighted by molar-refractivity contribution is -0.0581. The van der Waals surface area contributed by atoms with Crippen LogP contribution in [0.5, 0.6) is 0 Å². The van der Waals surface area contributed by atoms with Gasteiger partial charge in [0, 0.05) is 12.6 Å². The van der Waals surface area contributed by atoms with Gasteiger partial charge in [0.25, 0.3) is 0 Å². The number of carbonyl (C=O) groups is 2. The number of aryl methyl sites for hydroxylation is 2. The first kappa shape index (κ1) is 25.9. The topological polar surface area (TPSA) is 136 Å². The molecule has 1 fully saturated rings. The third kappa shape index (κ3) is 5.75. The standard InChI is InChI=1S/C29H27N3O7/c1-17-5-9-19(10-6-17)27(33)37-16-24-23(39-28(34)20-11-7-18(2)8-12-20)14-25(38-24)32-15-21(22-4-3-13-36-22)26(30)31-29(32)35/h3-13,15,23-25H,14,16H2,1-2H3,(H2,30,31,35)/t23-,24+,25-/m0/s1. The van der Waals surface area contributed by atoms with Crippen molar-refractivity contribution in [1.82, 2.24) is 9.55 Å². The SMILES string of the molecule is Cc1ccc(C(=O)OC[C@H]2O[C@H](n3cc(-c4ccco4)c(N)nc3=O)C[C@@H]2OC(=O)c2ccc(C)cc2)cc1. The Morgan fingerprint density at radius 1 is 1.00 bits per heavy atom. The molecule has 1 aliphatic rings. The summed E-state index contributed by atoms with van der Waals surface area (Å²) < 4.78 is 24.1. The second kappa shape index (κ2) is 11.0. The Morgan fingerprint density at radius 2 is 1.64 bits per heavy atom. The highest BCUT2D eigenvalue weighted by molar-refractivity contribution is 5.90. The van der Waals surface area contributed by atoms with Crippen LogP contribution >= 0.6 is 0 Å². The van der Waals surface area contributed by atoms with Gasteiger partial charge < -0.3 is 24.4 Å². The van der Waals surface area contributed by atoms with Crippen LogP contribution in [-0.2, 0) is 14.2 Å². The maximum absolute atomic E-state index is 12.9. The number of benzene rings is 2. The minimum Gasteiger partial charge on any atom is -0.464 e. The van der Waals surface area contributed by atoms with Gasteiger partial charge in [-0.15, -0.1) is 0 Å². The van der Waals surface area contributed by atoms with Gasteiger partial charge in [0.1, 0.15) is 36.6 Å². The predicted molar refractivity (Wildman–Crippen MR) is 141 cm³/mol. The molecule has 2 aromatic heterocycles. The van der Waals surface area contributed by atoms with Crippen LogP contribution in [0.1, 0.15) is 44.5 Å². The minimum absolute atomic E-state index is 0.00937. The third-order valence-corrected chi connectivity index (χ3v) is 6.47. The van der Waals surface area contributed by atoms with E-state index < -0.39 is 36.1 Å². The first-order chi connectivity index (χ1) is 18.8. The van der Waals surface area contributed by atoms with E-state index in [-0.39, 0.29) is 18.8 Å². The summed E-state index contributed by atoms with van der Waals surface area (Å²) >= 11 is 0. The summed E-state index contributed by atoms with van der Waals surface area (Å²) in [6, 6.07) is 17.3. The zero-order valence-electron chi connectivity index (χ0n) is 21.4. The highest BCUT2D eigenvalue weighted by atomic mass is 16.6. The number of hydrogen-bond donors (Lipinski definition) is 1. The van der Waals surface area contributed by atoms with Gasteiger partial charge in [-0.2, -0.15) is 4.98 Å². The summed E-state index contributed by atoms with van der Waals surface area (Å²) in [5.41, 5.74) is 8.49. The van der Waals surface area contributed by atoms with Gasteiger partial charge in [-0.3, -0.25) is 4.57 Å². The summed E-state index contributed by atoms with van der Waals surface area (Å²) in [6.07, 6.45) is 0.579. The van der Waals surface area contributed by atoms with Crippen LogP contribution in [-0.4, -0.2) is 40.3 Å². The third-order valence-electron chi connectivity index (χ3n) is 6.47. The maximum atomic E-state index is 12.9. The fraction of sp³-hybridized carbons (Fsp3) is 0.241. The van der Waals surface area contributed by atoms with Crippen molar-refractivity contribution in [3.63, 3.8) is 0 Å². The smallest absolute Gasteiger partial charge is 0.351 e. The Kier molecular flexibility index (Phi) is 7.29. The zero-order chi connectivity index (χ0) is 27.5. The lowest BCUT2D eigenvalue weighted by Crippen LogP contribution is -2.32. The quantitative estimate of drug-likeness (QED) is 0.351. The molecule has 2 N–H and O–H groups in total. The molecule has 0 radical (unpaired) electrons. The van der Waals surface area contributed by atoms with Crippen molar-refractivity contribution in [1.29, 1.82) is 0 Å². The Bertz CT molecular complexity index is 1530. The second-order valence-electron chi connectivity index (χ2n) is 9.35. The monoisotopic (exact) mass is 529 g/mol. The van der Waals surface area contributed by atoms with Crippen LogP contribution < -0.4 is 11.4 Å². The molecule has 0 bridgehead atoms. The van der Waals surface area contributed by atoms with Crippen molar-refractivity contribution in [3.05, 3.63) is 106 Å². The molecule has 0 aliphatic carbocycles. The molecule has 3 heterocycles. The molecule has 3 atom stereocenters. The van der Waals surface area contributed by atoms with E-state index in [1.165, 1.54) is 17.0 Å². The Balaban J connectivity index is 1.39. The van der Waals surface area contributed by atoms with Crippen LogP contribution in [0.2, 0.25) is 0 Å². The number of hydrogen-bond acceptors (Lipinski definition) is 9. The van der Waals surface area contributed by atoms with Crippen molar-refractivity contribution in [2.45, 2.75) is 38.7 Å². The molecule has 10 heteroatoms. The highest BCUT2D eigenvalue weighted by Crippen LogP contribution is 2.33. The molecule has 1 aliphatic heterocycles. The van der Waals surface area contributed by atoms with Gasteiger partial charge in [-0.25, -0.2) is 14.4 Å². The molecular formula is C29H27N3O7. The number of ether oxygens (including phenoxy) is 3. The van der Waals surface area contributed by atoms with Gasteiger partial charge in [-0.05, 0) is 50.2 Å². The van der Waals surface area contributed by atoms with Crippen molar-refractivity contribution < 1.29 is 28.2 Å². The molecule has 2 aromatic carbocycles. The number of nitrogen functional groups attached to an aromatic ring is 1. The van der Waals surface area contributed by atoms with Crippen LogP contribution in [0.4, 0.5) is 5.82 Å². The van der Waals surface area contributed by atoms with Gasteiger partial charge in [0.2, 0.25) is 0 Å². The largest absolute Gasteiger partial charge is 0.464 e. The summed E-state index contributed by atoms with van der Waals surface area (Å²) in [4.78, 5) is 42.3. The van der Waals surface area contributed by atoms with Crippen LogP contribution in [0.25, 0.3) is 11.3 Å². The number of anilines is 1. The molecule has 10 nitrogen and oxygen atoms in total. The molecule has 4 aromatic rings. The highest BCUT2D eigenvalue weighted by Gasteiger charge is 2.40. The molecule has 39 heavy (non-hydrogen) atoms. The number of nitrogens with zero attached hydrogens (tertiary/aromatic N) is 2. The summed E-state index contributed by atoms with van der Waals surface area (Å²) in [5, 5.41) is 0. The number of aromatic nitrogens is 2. The molecule has 0 amide bonds. The molecule has 5 rings (SSSR count). The molecular weight excluding hydrogens is 502 g/mol. The Morgan fingerprint density at radius 3 is 2.26 bits per heavy atom. The number of furan rings is 1. The normalized spacial score (nSPS) is 18.6. The summed E-state index contributed by atoms with van der Waals surface area (Å²) in [7, 11) is 0. The Hall–Kier alpha value is -4.70. The molecule has 0 unspecified atom stereocenters. The summed E-state index contributed by atoms with van der Waals surface area (Å²) in [6.45, 7) is 3.63. The first-order valence-electron chi connectivity index (χ1n) is 12.4. The van der Waals surface area contributed by atoms with E-state index in [0.29, 0.717) is 22.5 Å². The number of carbonyl (C=O) groups excluding carboxylic acids is 2. The van der Waals surface area contributed by atoms with E-state index in [4.69, 9.17) is 24.4 Å². The fourth-order valence-electron chi connectivity index (χ4n) is 4.28. The van der Waals surface area contributed by atoms with Crippen molar-refractivity contribution in [3.8, 4) is 11.3 Å². The van der Waals surface area contributed by atoms with Crippen molar-refractivity contribution in [2.24, 2.45) is 0 Å². The average molecular weight is 530 g/mol. The number of nitrogens with two attached hydrogens (primary N) is 1.